The summed E-state index contributed by atoms with van der Waals surface area (Å²) >= 11 is 0. The highest BCUT2D eigenvalue weighted by atomic mass is 31.2. The molecule has 2 heterocycles. The monoisotopic (exact) mass is 367 g/mol. The summed E-state index contributed by atoms with van der Waals surface area (Å²) in [5.74, 6) is 1.09. The van der Waals surface area contributed by atoms with Crippen LogP contribution in [0.1, 0.15) is 38.1 Å². The van der Waals surface area contributed by atoms with Crippen molar-refractivity contribution in [2.45, 2.75) is 44.2 Å². The van der Waals surface area contributed by atoms with Gasteiger partial charge in [-0.1, -0.05) is 0 Å². The molecule has 0 spiro atoms. The number of imidazole rings is 1. The fourth-order valence-electron chi connectivity index (χ4n) is 3.44. The highest BCUT2D eigenvalue weighted by molar-refractivity contribution is 7.51. The van der Waals surface area contributed by atoms with E-state index in [0.717, 1.165) is 36.2 Å². The molecule has 0 saturated heterocycles. The second-order valence-electron chi connectivity index (χ2n) is 6.96. The van der Waals surface area contributed by atoms with Crippen molar-refractivity contribution in [1.29, 1.82) is 0 Å². The van der Waals surface area contributed by atoms with Gasteiger partial charge in [0.1, 0.15) is 18.2 Å². The lowest BCUT2D eigenvalue weighted by Crippen LogP contribution is -2.10. The van der Waals surface area contributed by atoms with Gasteiger partial charge in [-0.3, -0.25) is 4.57 Å². The van der Waals surface area contributed by atoms with Crippen LogP contribution in [0, 0.1) is 5.92 Å². The molecule has 10 heteroatoms. The normalized spacial score (nSPS) is 24.1. The average molecular weight is 367 g/mol. The van der Waals surface area contributed by atoms with Gasteiger partial charge in [-0.25, -0.2) is 15.0 Å². The van der Waals surface area contributed by atoms with Crippen LogP contribution in [0.4, 0.5) is 5.82 Å². The lowest BCUT2D eigenvalue weighted by molar-refractivity contribution is 0.121. The molecule has 2 fully saturated rings. The maximum absolute atomic E-state index is 10.9. The van der Waals surface area contributed by atoms with Crippen LogP contribution in [0.15, 0.2) is 12.7 Å². The van der Waals surface area contributed by atoms with Crippen molar-refractivity contribution in [3.8, 4) is 0 Å². The van der Waals surface area contributed by atoms with Crippen LogP contribution in [0.25, 0.3) is 11.2 Å². The van der Waals surface area contributed by atoms with E-state index in [9.17, 15) is 4.57 Å². The third kappa shape index (κ3) is 4.00. The van der Waals surface area contributed by atoms with Crippen molar-refractivity contribution in [2.24, 2.45) is 5.92 Å². The molecule has 2 aromatic heterocycles. The summed E-state index contributed by atoms with van der Waals surface area (Å²) in [7, 11) is -4.09. The van der Waals surface area contributed by atoms with E-state index in [1.807, 2.05) is 6.33 Å². The molecule has 136 valence electrons. The van der Waals surface area contributed by atoms with Crippen LogP contribution >= 0.6 is 7.60 Å². The quantitative estimate of drug-likeness (QED) is 0.634. The van der Waals surface area contributed by atoms with Gasteiger partial charge in [-0.15, -0.1) is 0 Å². The molecule has 2 aliphatic rings. The number of fused-ring (bicyclic) bond motifs is 1. The fraction of sp³-hybridized carbons (Fsp3) is 0.667. The smallest absolute Gasteiger partial charge is 0.350 e. The highest BCUT2D eigenvalue weighted by Crippen LogP contribution is 2.38. The maximum atomic E-state index is 10.9. The Bertz CT molecular complexity index is 802. The number of rotatable bonds is 7. The largest absolute Gasteiger partial charge is 0.369 e. The van der Waals surface area contributed by atoms with E-state index >= 15 is 0 Å². The lowest BCUT2D eigenvalue weighted by Gasteiger charge is -2.14. The van der Waals surface area contributed by atoms with Crippen LogP contribution in [-0.2, 0) is 9.30 Å². The second kappa shape index (κ2) is 6.64. The molecule has 0 amide bonds. The van der Waals surface area contributed by atoms with Crippen molar-refractivity contribution < 1.29 is 19.1 Å². The summed E-state index contributed by atoms with van der Waals surface area (Å²) in [5.41, 5.74) is 1.63. The Hall–Kier alpha value is -1.54. The lowest BCUT2D eigenvalue weighted by atomic mass is 10.1. The van der Waals surface area contributed by atoms with Crippen LogP contribution in [0.2, 0.25) is 0 Å². The van der Waals surface area contributed by atoms with Crippen molar-refractivity contribution in [1.82, 2.24) is 19.5 Å². The first-order valence-electron chi connectivity index (χ1n) is 8.56. The molecule has 3 N–H and O–H groups in total. The van der Waals surface area contributed by atoms with Gasteiger partial charge >= 0.3 is 7.60 Å². The molecule has 0 bridgehead atoms. The van der Waals surface area contributed by atoms with E-state index in [1.165, 1.54) is 12.8 Å². The summed E-state index contributed by atoms with van der Waals surface area (Å²) in [6.45, 7) is 0.373. The van der Waals surface area contributed by atoms with E-state index in [0.29, 0.717) is 18.6 Å². The van der Waals surface area contributed by atoms with Crippen LogP contribution in [-0.4, -0.2) is 48.3 Å². The minimum absolute atomic E-state index is 0.275. The van der Waals surface area contributed by atoms with Gasteiger partial charge in [0.15, 0.2) is 11.5 Å². The molecule has 9 nitrogen and oxygen atoms in total. The van der Waals surface area contributed by atoms with Gasteiger partial charge in [0.25, 0.3) is 0 Å². The first kappa shape index (κ1) is 16.9. The Labute approximate surface area is 145 Å². The van der Waals surface area contributed by atoms with E-state index in [4.69, 9.17) is 14.5 Å². The zero-order valence-corrected chi connectivity index (χ0v) is 14.7. The van der Waals surface area contributed by atoms with E-state index in [1.54, 1.807) is 6.33 Å². The molecule has 25 heavy (non-hydrogen) atoms. The fourth-order valence-corrected chi connectivity index (χ4v) is 3.78. The summed E-state index contributed by atoms with van der Waals surface area (Å²) in [6, 6.07) is 0.780. The molecule has 0 aromatic carbocycles. The van der Waals surface area contributed by atoms with Gasteiger partial charge in [0.05, 0.1) is 12.9 Å². The van der Waals surface area contributed by atoms with Gasteiger partial charge in [0.2, 0.25) is 0 Å². The van der Waals surface area contributed by atoms with Gasteiger partial charge < -0.3 is 24.4 Å². The summed E-state index contributed by atoms with van der Waals surface area (Å²) < 4.78 is 18.1. The number of nitrogens with zero attached hydrogens (tertiary/aromatic N) is 4. The standard InChI is InChI=1S/C15H22N5O4P/c21-25(22,23)9-24-6-10-1-4-12(5-10)20-8-18-13-14(19-11-2-3-11)16-7-17-15(13)20/h7-8,10-12H,1-6,9H2,(H,16,17,19)(H2,21,22,23). The predicted octanol–water partition coefficient (Wildman–Crippen LogP) is 1.89. The first-order chi connectivity index (χ1) is 12.0. The predicted molar refractivity (Wildman–Crippen MR) is 91.2 cm³/mol. The number of anilines is 1. The number of hydrogen-bond acceptors (Lipinski definition) is 6. The minimum atomic E-state index is -4.09. The topological polar surface area (TPSA) is 122 Å². The Kier molecular flexibility index (Phi) is 4.49. The van der Waals surface area contributed by atoms with E-state index in [-0.39, 0.29) is 6.04 Å². The minimum Gasteiger partial charge on any atom is -0.369 e. The SMILES string of the molecule is O=P(O)(O)COCC1CCC(n2cnc3c(NC4CC4)ncnc32)C1. The summed E-state index contributed by atoms with van der Waals surface area (Å²) in [4.78, 5) is 30.9. The van der Waals surface area contributed by atoms with Crippen molar-refractivity contribution >= 4 is 24.6 Å². The number of aromatic nitrogens is 4. The Morgan fingerprint density at radius 2 is 2.08 bits per heavy atom. The van der Waals surface area contributed by atoms with E-state index in [2.05, 4.69) is 24.8 Å². The third-order valence-corrected chi connectivity index (χ3v) is 5.32. The van der Waals surface area contributed by atoms with Crippen LogP contribution in [0.5, 0.6) is 0 Å². The van der Waals surface area contributed by atoms with E-state index < -0.39 is 13.9 Å². The molecule has 2 unspecified atom stereocenters. The molecule has 0 aliphatic heterocycles. The molecular weight excluding hydrogens is 345 g/mol. The average Bonchev–Trinajstić information content (AvgIpc) is 3.07. The highest BCUT2D eigenvalue weighted by Gasteiger charge is 2.29. The summed E-state index contributed by atoms with van der Waals surface area (Å²) in [5, 5.41) is 3.39. The van der Waals surface area contributed by atoms with Gasteiger partial charge in [-0.2, -0.15) is 0 Å². The molecule has 2 atom stereocenters. The number of hydrogen-bond donors (Lipinski definition) is 3. The first-order valence-corrected chi connectivity index (χ1v) is 10.4. The zero-order valence-electron chi connectivity index (χ0n) is 13.8. The molecule has 2 aromatic rings. The Morgan fingerprint density at radius 3 is 2.84 bits per heavy atom. The van der Waals surface area contributed by atoms with Crippen LogP contribution in [0.3, 0.4) is 0 Å². The summed E-state index contributed by atoms with van der Waals surface area (Å²) in [6.07, 6.45) is 8.06. The van der Waals surface area contributed by atoms with Crippen molar-refractivity contribution in [3.05, 3.63) is 12.7 Å². The van der Waals surface area contributed by atoms with Crippen molar-refractivity contribution in [3.63, 3.8) is 0 Å². The maximum Gasteiger partial charge on any atom is 0.350 e. The molecular formula is C15H22N5O4P. The van der Waals surface area contributed by atoms with Crippen LogP contribution < -0.4 is 5.32 Å². The Morgan fingerprint density at radius 1 is 1.24 bits per heavy atom. The van der Waals surface area contributed by atoms with Gasteiger partial charge in [-0.05, 0) is 38.0 Å². The molecule has 4 rings (SSSR count). The van der Waals surface area contributed by atoms with Crippen molar-refractivity contribution in [2.75, 3.05) is 18.3 Å². The molecule has 0 radical (unpaired) electrons. The zero-order chi connectivity index (χ0) is 17.4. The number of nitrogens with one attached hydrogen (secondary N) is 1. The number of ether oxygens (including phenoxy) is 1. The second-order valence-corrected chi connectivity index (χ2v) is 8.55. The molecule has 2 aliphatic carbocycles. The van der Waals surface area contributed by atoms with Gasteiger partial charge in [0, 0.05) is 12.1 Å². The molecule has 2 saturated carbocycles. The Balaban J connectivity index is 1.43. The third-order valence-electron chi connectivity index (χ3n) is 4.80.